The van der Waals surface area contributed by atoms with E-state index in [0.29, 0.717) is 0 Å². The van der Waals surface area contributed by atoms with Crippen molar-refractivity contribution in [1.82, 2.24) is 4.98 Å². The van der Waals surface area contributed by atoms with E-state index >= 15 is 0 Å². The van der Waals surface area contributed by atoms with E-state index < -0.39 is 0 Å². The van der Waals surface area contributed by atoms with E-state index in [2.05, 4.69) is 25.1 Å². The molecule has 1 aromatic rings. The van der Waals surface area contributed by atoms with E-state index in [4.69, 9.17) is 0 Å². The summed E-state index contributed by atoms with van der Waals surface area (Å²) in [6.07, 6.45) is 4.52. The molecule has 0 saturated heterocycles. The predicted molar refractivity (Wildman–Crippen MR) is 53.7 cm³/mol. The maximum atomic E-state index is 4.25. The first kappa shape index (κ1) is 8.72. The van der Waals surface area contributed by atoms with Gasteiger partial charge in [0, 0.05) is 6.20 Å². The predicted octanol–water partition coefficient (Wildman–Crippen LogP) is 3.15. The second-order valence-corrected chi connectivity index (χ2v) is 2.60. The van der Waals surface area contributed by atoms with Crippen LogP contribution in [0.5, 0.6) is 0 Å². The Bertz CT molecular complexity index is 300. The van der Waals surface area contributed by atoms with E-state index in [9.17, 15) is 0 Å². The van der Waals surface area contributed by atoms with Crippen LogP contribution >= 0.6 is 0 Å². The third-order valence-corrected chi connectivity index (χ3v) is 1.82. The van der Waals surface area contributed by atoms with Crippen molar-refractivity contribution in [2.24, 2.45) is 0 Å². The molecule has 0 aromatic carbocycles. The van der Waals surface area contributed by atoms with Crippen LogP contribution < -0.4 is 0 Å². The number of hydrogen-bond acceptors (Lipinski definition) is 1. The number of nitrogens with zero attached hydrogens (tertiary/aromatic N) is 1. The molecule has 0 unspecified atom stereocenters. The minimum Gasteiger partial charge on any atom is -0.256 e. The highest BCUT2D eigenvalue weighted by Crippen LogP contribution is 2.17. The second-order valence-electron chi connectivity index (χ2n) is 2.60. The first-order valence-corrected chi connectivity index (χ1v) is 4.05. The molecule has 0 spiro atoms. The molecule has 1 rings (SSSR count). The van der Waals surface area contributed by atoms with Crippen molar-refractivity contribution >= 4 is 11.6 Å². The molecule has 0 saturated carbocycles. The lowest BCUT2D eigenvalue weighted by Gasteiger charge is -2.04. The summed E-state index contributed by atoms with van der Waals surface area (Å²) in [4.78, 5) is 4.25. The summed E-state index contributed by atoms with van der Waals surface area (Å²) in [5.41, 5.74) is 3.09. The standard InChI is InChI=1S/C11H13N/c1-4-9(3)11-10(5-2)7-6-8-12-11/h5-8H,2-4H2,1H3. The summed E-state index contributed by atoms with van der Waals surface area (Å²) >= 11 is 0. The van der Waals surface area contributed by atoms with Gasteiger partial charge in [-0.25, -0.2) is 0 Å². The van der Waals surface area contributed by atoms with Gasteiger partial charge in [-0.15, -0.1) is 0 Å². The Labute approximate surface area is 73.5 Å². The molecule has 0 aliphatic carbocycles. The monoisotopic (exact) mass is 159 g/mol. The molecule has 0 fully saturated rings. The van der Waals surface area contributed by atoms with Crippen LogP contribution in [0.4, 0.5) is 0 Å². The minimum absolute atomic E-state index is 0.928. The molecule has 62 valence electrons. The Balaban J connectivity index is 3.13. The number of allylic oxidation sites excluding steroid dienone is 1. The van der Waals surface area contributed by atoms with Gasteiger partial charge in [0.15, 0.2) is 0 Å². The van der Waals surface area contributed by atoms with Crippen LogP contribution in [0.25, 0.3) is 11.6 Å². The number of rotatable bonds is 3. The number of aromatic nitrogens is 1. The highest BCUT2D eigenvalue weighted by Gasteiger charge is 2.01. The zero-order chi connectivity index (χ0) is 8.97. The first-order valence-electron chi connectivity index (χ1n) is 4.05. The maximum Gasteiger partial charge on any atom is 0.0727 e. The molecule has 0 amide bonds. The normalized spacial score (nSPS) is 9.42. The molecular formula is C11H13N. The average molecular weight is 159 g/mol. The van der Waals surface area contributed by atoms with Gasteiger partial charge >= 0.3 is 0 Å². The largest absolute Gasteiger partial charge is 0.256 e. The van der Waals surface area contributed by atoms with E-state index in [1.54, 1.807) is 6.20 Å². The molecule has 0 N–H and O–H groups in total. The second kappa shape index (κ2) is 3.86. The topological polar surface area (TPSA) is 12.9 Å². The summed E-state index contributed by atoms with van der Waals surface area (Å²) < 4.78 is 0. The van der Waals surface area contributed by atoms with E-state index in [1.165, 1.54) is 0 Å². The van der Waals surface area contributed by atoms with Crippen molar-refractivity contribution in [2.45, 2.75) is 13.3 Å². The molecule has 1 heterocycles. The molecular weight excluding hydrogens is 146 g/mol. The van der Waals surface area contributed by atoms with Gasteiger partial charge in [-0.2, -0.15) is 0 Å². The van der Waals surface area contributed by atoms with Crippen molar-refractivity contribution in [1.29, 1.82) is 0 Å². The van der Waals surface area contributed by atoms with Gasteiger partial charge < -0.3 is 0 Å². The fraction of sp³-hybridized carbons (Fsp3) is 0.182. The molecule has 1 heteroatoms. The SMILES string of the molecule is C=Cc1cccnc1C(=C)CC. The summed E-state index contributed by atoms with van der Waals surface area (Å²) in [5, 5.41) is 0. The van der Waals surface area contributed by atoms with Crippen LogP contribution in [0.3, 0.4) is 0 Å². The van der Waals surface area contributed by atoms with E-state index in [-0.39, 0.29) is 0 Å². The highest BCUT2D eigenvalue weighted by atomic mass is 14.7. The van der Waals surface area contributed by atoms with Crippen molar-refractivity contribution in [3.05, 3.63) is 42.7 Å². The van der Waals surface area contributed by atoms with Gasteiger partial charge in [-0.3, -0.25) is 4.98 Å². The Kier molecular flexibility index (Phi) is 2.81. The van der Waals surface area contributed by atoms with Crippen LogP contribution in [-0.4, -0.2) is 4.98 Å². The molecule has 0 radical (unpaired) electrons. The summed E-state index contributed by atoms with van der Waals surface area (Å²) in [7, 11) is 0. The van der Waals surface area contributed by atoms with Crippen molar-refractivity contribution in [2.75, 3.05) is 0 Å². The van der Waals surface area contributed by atoms with E-state index in [0.717, 1.165) is 23.3 Å². The molecule has 0 atom stereocenters. The Morgan fingerprint density at radius 1 is 1.67 bits per heavy atom. The third kappa shape index (κ3) is 1.62. The molecule has 0 bridgehead atoms. The van der Waals surface area contributed by atoms with Gasteiger partial charge in [0.1, 0.15) is 0 Å². The van der Waals surface area contributed by atoms with Crippen molar-refractivity contribution in [3.8, 4) is 0 Å². The smallest absolute Gasteiger partial charge is 0.0727 e. The quantitative estimate of drug-likeness (QED) is 0.660. The lowest BCUT2D eigenvalue weighted by Crippen LogP contribution is -1.90. The lowest BCUT2D eigenvalue weighted by molar-refractivity contribution is 1.17. The van der Waals surface area contributed by atoms with Gasteiger partial charge in [0.25, 0.3) is 0 Å². The Hall–Kier alpha value is -1.37. The molecule has 0 aliphatic heterocycles. The molecule has 12 heavy (non-hydrogen) atoms. The zero-order valence-corrected chi connectivity index (χ0v) is 7.38. The number of hydrogen-bond donors (Lipinski definition) is 0. The van der Waals surface area contributed by atoms with Crippen LogP contribution in [0.1, 0.15) is 24.6 Å². The van der Waals surface area contributed by atoms with Crippen LogP contribution in [0.2, 0.25) is 0 Å². The number of pyridine rings is 1. The lowest BCUT2D eigenvalue weighted by atomic mass is 10.1. The van der Waals surface area contributed by atoms with Gasteiger partial charge in [-0.05, 0) is 23.6 Å². The fourth-order valence-electron chi connectivity index (χ4n) is 1.05. The van der Waals surface area contributed by atoms with Crippen LogP contribution in [-0.2, 0) is 0 Å². The fourth-order valence-corrected chi connectivity index (χ4v) is 1.05. The van der Waals surface area contributed by atoms with Crippen LogP contribution in [0, 0.1) is 0 Å². The molecule has 1 nitrogen and oxygen atoms in total. The highest BCUT2D eigenvalue weighted by molar-refractivity contribution is 5.69. The van der Waals surface area contributed by atoms with Crippen LogP contribution in [0.15, 0.2) is 31.5 Å². The summed E-state index contributed by atoms with van der Waals surface area (Å²) in [6, 6.07) is 3.90. The molecule has 1 aromatic heterocycles. The van der Waals surface area contributed by atoms with Crippen molar-refractivity contribution < 1.29 is 0 Å². The zero-order valence-electron chi connectivity index (χ0n) is 7.38. The van der Waals surface area contributed by atoms with Gasteiger partial charge in [-0.1, -0.05) is 32.2 Å². The van der Waals surface area contributed by atoms with Gasteiger partial charge in [0.2, 0.25) is 0 Å². The summed E-state index contributed by atoms with van der Waals surface area (Å²) in [6.45, 7) is 9.74. The maximum absolute atomic E-state index is 4.25. The minimum atomic E-state index is 0.928. The van der Waals surface area contributed by atoms with E-state index in [1.807, 2.05) is 18.2 Å². The summed E-state index contributed by atoms with van der Waals surface area (Å²) in [5.74, 6) is 0. The molecule has 0 aliphatic rings. The van der Waals surface area contributed by atoms with Gasteiger partial charge in [0.05, 0.1) is 5.69 Å². The van der Waals surface area contributed by atoms with Crippen molar-refractivity contribution in [3.63, 3.8) is 0 Å². The average Bonchev–Trinajstić information content (AvgIpc) is 2.16. The third-order valence-electron chi connectivity index (χ3n) is 1.82. The first-order chi connectivity index (χ1) is 5.79. The Morgan fingerprint density at radius 3 is 3.00 bits per heavy atom. The Morgan fingerprint density at radius 2 is 2.42 bits per heavy atom.